The van der Waals surface area contributed by atoms with Gasteiger partial charge in [-0.05, 0) is 49.7 Å². The normalized spacial score (nSPS) is 11.7. The summed E-state index contributed by atoms with van der Waals surface area (Å²) in [6.07, 6.45) is -1.33. The number of rotatable bonds is 4. The summed E-state index contributed by atoms with van der Waals surface area (Å²) in [6, 6.07) is 7.54. The summed E-state index contributed by atoms with van der Waals surface area (Å²) < 4.78 is 76.3. The van der Waals surface area contributed by atoms with Crippen molar-refractivity contribution in [2.75, 3.05) is 0 Å². The lowest BCUT2D eigenvalue weighted by Crippen LogP contribution is -2.18. The van der Waals surface area contributed by atoms with E-state index in [1.54, 1.807) is 19.3 Å². The molecule has 0 atom stereocenters. The Kier molecular flexibility index (Phi) is 6.48. The van der Waals surface area contributed by atoms with E-state index in [9.17, 15) is 31.5 Å². The molecule has 0 saturated heterocycles. The molecule has 5 aromatic rings. The van der Waals surface area contributed by atoms with Gasteiger partial charge in [0.1, 0.15) is 5.75 Å². The Balaban J connectivity index is 1.76. The van der Waals surface area contributed by atoms with E-state index >= 15 is 0 Å². The molecule has 204 valence electrons. The fourth-order valence-electron chi connectivity index (χ4n) is 4.43. The number of pyridine rings is 4. The first-order valence-corrected chi connectivity index (χ1v) is 11.8. The zero-order valence-corrected chi connectivity index (χ0v) is 21.2. The van der Waals surface area contributed by atoms with Crippen LogP contribution in [-0.4, -0.2) is 19.5 Å². The Bertz CT molecular complexity index is 1930. The Hall–Kier alpha value is -4.87. The second kappa shape index (κ2) is 9.70. The number of alkyl halides is 3. The molecular weight excluding hydrogens is 535 g/mol. The highest BCUT2D eigenvalue weighted by atomic mass is 19.4. The first kappa shape index (κ1) is 26.7. The summed E-state index contributed by atoms with van der Waals surface area (Å²) in [5, 5.41) is 0.0473. The molecule has 0 bridgehead atoms. The first-order chi connectivity index (χ1) is 18.9. The van der Waals surface area contributed by atoms with E-state index in [1.807, 2.05) is 0 Å². The van der Waals surface area contributed by atoms with Gasteiger partial charge in [-0.1, -0.05) is 0 Å². The van der Waals surface area contributed by atoms with Gasteiger partial charge in [-0.3, -0.25) is 14.6 Å². The molecule has 0 spiro atoms. The van der Waals surface area contributed by atoms with Crippen LogP contribution in [0.2, 0.25) is 0 Å². The number of ether oxygens (including phenoxy) is 1. The number of H-pyrrole nitrogens is 1. The van der Waals surface area contributed by atoms with E-state index in [4.69, 9.17) is 4.74 Å². The van der Waals surface area contributed by atoms with E-state index in [0.29, 0.717) is 6.20 Å². The summed E-state index contributed by atoms with van der Waals surface area (Å²) in [6.45, 7) is 2.42. The van der Waals surface area contributed by atoms with Gasteiger partial charge >= 0.3 is 6.18 Å². The molecule has 0 saturated carbocycles. The van der Waals surface area contributed by atoms with Crippen LogP contribution in [0.25, 0.3) is 33.4 Å². The van der Waals surface area contributed by atoms with Crippen molar-refractivity contribution in [1.29, 1.82) is 0 Å². The van der Waals surface area contributed by atoms with Gasteiger partial charge < -0.3 is 14.3 Å². The van der Waals surface area contributed by atoms with Crippen molar-refractivity contribution < 1.29 is 26.7 Å². The third kappa shape index (κ3) is 4.51. The van der Waals surface area contributed by atoms with Gasteiger partial charge in [-0.25, -0.2) is 13.8 Å². The average Bonchev–Trinajstić information content (AvgIpc) is 2.89. The highest BCUT2D eigenvalue weighted by molar-refractivity contribution is 5.93. The van der Waals surface area contributed by atoms with E-state index in [2.05, 4.69) is 15.0 Å². The van der Waals surface area contributed by atoms with Gasteiger partial charge in [-0.15, -0.1) is 0 Å². The van der Waals surface area contributed by atoms with Crippen molar-refractivity contribution in [3.63, 3.8) is 0 Å². The van der Waals surface area contributed by atoms with Crippen molar-refractivity contribution in [2.24, 2.45) is 7.05 Å². The predicted octanol–water partition coefficient (Wildman–Crippen LogP) is 6.06. The van der Waals surface area contributed by atoms with Crippen LogP contribution in [0, 0.1) is 25.5 Å². The summed E-state index contributed by atoms with van der Waals surface area (Å²) in [5.41, 5.74) is -2.52. The number of halogens is 5. The van der Waals surface area contributed by atoms with Gasteiger partial charge in [0.05, 0.1) is 39.0 Å². The largest absolute Gasteiger partial charge is 0.438 e. The molecule has 0 aliphatic heterocycles. The number of nitrogens with zero attached hydrogens (tertiary/aromatic N) is 3. The van der Waals surface area contributed by atoms with Crippen LogP contribution in [0.3, 0.4) is 0 Å². The van der Waals surface area contributed by atoms with Crippen molar-refractivity contribution in [3.05, 3.63) is 104 Å². The summed E-state index contributed by atoms with van der Waals surface area (Å²) >= 11 is 0. The van der Waals surface area contributed by atoms with Crippen molar-refractivity contribution in [3.8, 4) is 34.1 Å². The second-order valence-electron chi connectivity index (χ2n) is 9.03. The van der Waals surface area contributed by atoms with Crippen LogP contribution >= 0.6 is 0 Å². The van der Waals surface area contributed by atoms with E-state index in [0.717, 1.165) is 18.2 Å². The van der Waals surface area contributed by atoms with E-state index in [1.165, 1.54) is 36.7 Å². The van der Waals surface area contributed by atoms with E-state index in [-0.39, 0.29) is 56.2 Å². The average molecular weight is 554 g/mol. The molecule has 0 amide bonds. The number of aromatic amines is 1. The molecule has 0 radical (unpaired) electrons. The Morgan fingerprint density at radius 1 is 1.00 bits per heavy atom. The SMILES string of the molecule is Cc1c(Oc2ncc(C(F)(F)F)c(C)c2-c2cc(=O)c3c(-c4cccn(C)c4=O)nccc3[nH]2)ccc(F)c1F. The highest BCUT2D eigenvalue weighted by Crippen LogP contribution is 2.41. The third-order valence-electron chi connectivity index (χ3n) is 6.50. The lowest BCUT2D eigenvalue weighted by atomic mass is 10.00. The minimum absolute atomic E-state index is 0.0473. The third-order valence-corrected chi connectivity index (χ3v) is 6.50. The zero-order valence-electron chi connectivity index (χ0n) is 21.2. The summed E-state index contributed by atoms with van der Waals surface area (Å²) in [7, 11) is 1.54. The zero-order chi connectivity index (χ0) is 28.9. The molecule has 12 heteroatoms. The molecular formula is C28H19F5N4O3. The molecule has 0 unspecified atom stereocenters. The fourth-order valence-corrected chi connectivity index (χ4v) is 4.43. The Morgan fingerprint density at radius 3 is 2.48 bits per heavy atom. The quantitative estimate of drug-likeness (QED) is 0.273. The molecule has 5 rings (SSSR count). The van der Waals surface area contributed by atoms with Crippen LogP contribution in [-0.2, 0) is 13.2 Å². The maximum Gasteiger partial charge on any atom is 0.418 e. The van der Waals surface area contributed by atoms with Crippen LogP contribution < -0.4 is 15.7 Å². The van der Waals surface area contributed by atoms with Gasteiger partial charge in [-0.2, -0.15) is 13.2 Å². The standard InChI is InChI=1S/C28H19F5N4O3/c1-13-16(28(31,32)33)12-35-26(40-21-7-6-17(29)24(30)14(21)2)22(13)19-11-20(38)23-18(36-19)8-9-34-25(23)15-5-4-10-37(3)27(15)39/h4-12H,1-3H3,(H,36,38). The minimum Gasteiger partial charge on any atom is -0.438 e. The lowest BCUT2D eigenvalue weighted by molar-refractivity contribution is -0.138. The van der Waals surface area contributed by atoms with Gasteiger partial charge in [0, 0.05) is 37.3 Å². The summed E-state index contributed by atoms with van der Waals surface area (Å²) in [4.78, 5) is 37.1. The molecule has 0 aliphatic rings. The molecule has 1 aromatic carbocycles. The predicted molar refractivity (Wildman–Crippen MR) is 137 cm³/mol. The number of benzene rings is 1. The smallest absolute Gasteiger partial charge is 0.418 e. The molecule has 7 nitrogen and oxygen atoms in total. The number of fused-ring (bicyclic) bond motifs is 1. The molecule has 0 fully saturated rings. The maximum atomic E-state index is 14.2. The van der Waals surface area contributed by atoms with Crippen LogP contribution in [0.1, 0.15) is 16.7 Å². The summed E-state index contributed by atoms with van der Waals surface area (Å²) in [5.74, 6) is -2.87. The van der Waals surface area contributed by atoms with Crippen molar-refractivity contribution in [1.82, 2.24) is 19.5 Å². The minimum atomic E-state index is -4.79. The number of aryl methyl sites for hydroxylation is 1. The Labute approximate surface area is 222 Å². The van der Waals surface area contributed by atoms with Gasteiger partial charge in [0.15, 0.2) is 17.1 Å². The molecule has 0 aliphatic carbocycles. The molecule has 40 heavy (non-hydrogen) atoms. The molecule has 4 aromatic heterocycles. The topological polar surface area (TPSA) is 89.9 Å². The van der Waals surface area contributed by atoms with Crippen molar-refractivity contribution >= 4 is 10.9 Å². The van der Waals surface area contributed by atoms with Crippen LogP contribution in [0.5, 0.6) is 11.6 Å². The molecule has 1 N–H and O–H groups in total. The Morgan fingerprint density at radius 2 is 1.75 bits per heavy atom. The van der Waals surface area contributed by atoms with Gasteiger partial charge in [0.2, 0.25) is 5.88 Å². The maximum absolute atomic E-state index is 14.2. The monoisotopic (exact) mass is 554 g/mol. The van der Waals surface area contributed by atoms with Gasteiger partial charge in [0.25, 0.3) is 5.56 Å². The van der Waals surface area contributed by atoms with Crippen LogP contribution in [0.15, 0.2) is 64.6 Å². The number of nitrogens with one attached hydrogen (secondary N) is 1. The fraction of sp³-hybridized carbons (Fsp3) is 0.143. The second-order valence-corrected chi connectivity index (χ2v) is 9.03. The van der Waals surface area contributed by atoms with Crippen molar-refractivity contribution in [2.45, 2.75) is 20.0 Å². The number of hydrogen-bond acceptors (Lipinski definition) is 5. The highest BCUT2D eigenvalue weighted by Gasteiger charge is 2.35. The molecule has 4 heterocycles. The first-order valence-electron chi connectivity index (χ1n) is 11.8. The number of aromatic nitrogens is 4. The number of hydrogen-bond donors (Lipinski definition) is 1. The van der Waals surface area contributed by atoms with Crippen LogP contribution in [0.4, 0.5) is 22.0 Å². The van der Waals surface area contributed by atoms with E-state index < -0.39 is 34.4 Å². The lowest BCUT2D eigenvalue weighted by Gasteiger charge is -2.18.